The fraction of sp³-hybridized carbons (Fsp3) is 0.929. The standard InChI is InChI=1S/C14H27IO/c1-8-9-10(2)12(16)14(6,7)13(4,5)11(3)15/h10-11H,8-9H2,1-7H3. The normalized spacial score (nSPS) is 17.0. The van der Waals surface area contributed by atoms with Crippen LogP contribution in [0.5, 0.6) is 0 Å². The van der Waals surface area contributed by atoms with Gasteiger partial charge in [-0.25, -0.2) is 0 Å². The quantitative estimate of drug-likeness (QED) is 0.499. The minimum absolute atomic E-state index is 0.0344. The van der Waals surface area contributed by atoms with Gasteiger partial charge in [-0.05, 0) is 11.8 Å². The topological polar surface area (TPSA) is 17.1 Å². The molecule has 0 amide bonds. The highest BCUT2D eigenvalue weighted by molar-refractivity contribution is 14.1. The summed E-state index contributed by atoms with van der Waals surface area (Å²) < 4.78 is 0.484. The van der Waals surface area contributed by atoms with E-state index in [0.717, 1.165) is 12.8 Å². The summed E-state index contributed by atoms with van der Waals surface area (Å²) in [6.07, 6.45) is 2.09. The van der Waals surface area contributed by atoms with Crippen molar-refractivity contribution in [3.05, 3.63) is 0 Å². The Morgan fingerprint density at radius 3 is 1.94 bits per heavy atom. The van der Waals surface area contributed by atoms with Crippen LogP contribution in [0.2, 0.25) is 0 Å². The van der Waals surface area contributed by atoms with Crippen LogP contribution in [-0.2, 0) is 4.79 Å². The van der Waals surface area contributed by atoms with Crippen LogP contribution in [0.15, 0.2) is 0 Å². The molecule has 0 heterocycles. The molecule has 0 saturated carbocycles. The molecule has 0 aromatic carbocycles. The van der Waals surface area contributed by atoms with E-state index >= 15 is 0 Å². The molecule has 0 aliphatic heterocycles. The van der Waals surface area contributed by atoms with Crippen LogP contribution in [0.4, 0.5) is 0 Å². The molecule has 0 radical (unpaired) electrons. The predicted molar refractivity (Wildman–Crippen MR) is 80.1 cm³/mol. The van der Waals surface area contributed by atoms with E-state index in [2.05, 4.69) is 71.1 Å². The second-order valence-corrected chi connectivity index (χ2v) is 7.89. The third-order valence-electron chi connectivity index (χ3n) is 4.39. The van der Waals surface area contributed by atoms with Crippen LogP contribution >= 0.6 is 22.6 Å². The lowest BCUT2D eigenvalue weighted by atomic mass is 9.62. The number of ketones is 1. The maximum Gasteiger partial charge on any atom is 0.141 e. The average Bonchev–Trinajstić information content (AvgIpc) is 2.16. The smallest absolute Gasteiger partial charge is 0.141 e. The van der Waals surface area contributed by atoms with Crippen molar-refractivity contribution in [2.45, 2.75) is 65.2 Å². The maximum absolute atomic E-state index is 12.5. The van der Waals surface area contributed by atoms with E-state index in [-0.39, 0.29) is 16.7 Å². The van der Waals surface area contributed by atoms with Gasteiger partial charge < -0.3 is 0 Å². The number of rotatable bonds is 6. The molecule has 16 heavy (non-hydrogen) atoms. The van der Waals surface area contributed by atoms with E-state index in [4.69, 9.17) is 0 Å². The molecule has 0 bridgehead atoms. The molecule has 1 nitrogen and oxygen atoms in total. The molecule has 0 spiro atoms. The number of halogens is 1. The monoisotopic (exact) mass is 338 g/mol. The van der Waals surface area contributed by atoms with E-state index in [1.807, 2.05) is 0 Å². The number of hydrogen-bond donors (Lipinski definition) is 0. The molecule has 2 atom stereocenters. The Kier molecular flexibility index (Phi) is 5.98. The van der Waals surface area contributed by atoms with E-state index in [1.165, 1.54) is 0 Å². The molecular formula is C14H27IO. The number of carbonyl (C=O) groups is 1. The average molecular weight is 338 g/mol. The Labute approximate surface area is 115 Å². The summed E-state index contributed by atoms with van der Waals surface area (Å²) in [5, 5.41) is 0. The van der Waals surface area contributed by atoms with Crippen molar-refractivity contribution in [2.75, 3.05) is 0 Å². The van der Waals surface area contributed by atoms with Crippen molar-refractivity contribution in [1.82, 2.24) is 0 Å². The first-order chi connectivity index (χ1) is 7.09. The van der Waals surface area contributed by atoms with Gasteiger partial charge >= 0.3 is 0 Å². The summed E-state index contributed by atoms with van der Waals surface area (Å²) in [4.78, 5) is 12.5. The second kappa shape index (κ2) is 5.83. The number of alkyl halides is 1. The molecular weight excluding hydrogens is 311 g/mol. The van der Waals surface area contributed by atoms with Crippen LogP contribution < -0.4 is 0 Å². The molecule has 0 rings (SSSR count). The largest absolute Gasteiger partial charge is 0.299 e. The predicted octanol–water partition coefficient (Wildman–Crippen LogP) is 4.87. The lowest BCUT2D eigenvalue weighted by Crippen LogP contribution is -2.46. The van der Waals surface area contributed by atoms with Gasteiger partial charge in [-0.2, -0.15) is 0 Å². The lowest BCUT2D eigenvalue weighted by Gasteiger charge is -2.44. The number of hydrogen-bond acceptors (Lipinski definition) is 1. The third kappa shape index (κ3) is 3.21. The summed E-state index contributed by atoms with van der Waals surface area (Å²) in [6.45, 7) is 15.0. The highest BCUT2D eigenvalue weighted by Crippen LogP contribution is 2.46. The van der Waals surface area contributed by atoms with Crippen LogP contribution in [0.3, 0.4) is 0 Å². The minimum atomic E-state index is -0.248. The fourth-order valence-corrected chi connectivity index (χ4v) is 2.77. The minimum Gasteiger partial charge on any atom is -0.299 e. The van der Waals surface area contributed by atoms with Gasteiger partial charge in [0.1, 0.15) is 5.78 Å². The highest BCUT2D eigenvalue weighted by Gasteiger charge is 2.46. The first-order valence-corrected chi connectivity index (χ1v) is 7.52. The van der Waals surface area contributed by atoms with Crippen LogP contribution in [-0.4, -0.2) is 9.71 Å². The van der Waals surface area contributed by atoms with Crippen molar-refractivity contribution in [3.63, 3.8) is 0 Å². The Hall–Kier alpha value is 0.400. The first-order valence-electron chi connectivity index (χ1n) is 6.27. The van der Waals surface area contributed by atoms with Crippen LogP contribution in [0.25, 0.3) is 0 Å². The summed E-state index contributed by atoms with van der Waals surface area (Å²) >= 11 is 2.44. The molecule has 0 saturated heterocycles. The zero-order chi connectivity index (χ0) is 13.1. The summed E-state index contributed by atoms with van der Waals surface area (Å²) in [5.41, 5.74) is -0.213. The zero-order valence-corrected chi connectivity index (χ0v) is 14.0. The lowest BCUT2D eigenvalue weighted by molar-refractivity contribution is -0.136. The number of Topliss-reactive ketones (excluding diaryl/α,β-unsaturated/α-hetero) is 1. The molecule has 2 heteroatoms. The molecule has 0 aliphatic carbocycles. The van der Waals surface area contributed by atoms with Gasteiger partial charge in [-0.3, -0.25) is 4.79 Å². The first kappa shape index (κ1) is 16.4. The van der Waals surface area contributed by atoms with Crippen molar-refractivity contribution < 1.29 is 4.79 Å². The molecule has 0 fully saturated rings. The van der Waals surface area contributed by atoms with Gasteiger partial charge in [0.25, 0.3) is 0 Å². The Bertz CT molecular complexity index is 241. The molecule has 0 aliphatic rings. The zero-order valence-electron chi connectivity index (χ0n) is 11.9. The van der Waals surface area contributed by atoms with E-state index < -0.39 is 0 Å². The van der Waals surface area contributed by atoms with Gasteiger partial charge in [-0.15, -0.1) is 0 Å². The van der Waals surface area contributed by atoms with Gasteiger partial charge in [0.15, 0.2) is 0 Å². The van der Waals surface area contributed by atoms with Crippen molar-refractivity contribution in [3.8, 4) is 0 Å². The van der Waals surface area contributed by atoms with E-state index in [9.17, 15) is 4.79 Å². The van der Waals surface area contributed by atoms with Gasteiger partial charge in [0, 0.05) is 15.3 Å². The molecule has 0 N–H and O–H groups in total. The Morgan fingerprint density at radius 2 is 1.62 bits per heavy atom. The Morgan fingerprint density at radius 1 is 1.19 bits per heavy atom. The molecule has 0 aromatic rings. The van der Waals surface area contributed by atoms with Crippen molar-refractivity contribution in [2.24, 2.45) is 16.7 Å². The third-order valence-corrected chi connectivity index (χ3v) is 5.95. The molecule has 96 valence electrons. The van der Waals surface area contributed by atoms with E-state index in [1.54, 1.807) is 0 Å². The second-order valence-electron chi connectivity index (χ2n) is 6.02. The SMILES string of the molecule is CCCC(C)C(=O)C(C)(C)C(C)(C)C(C)I. The van der Waals surface area contributed by atoms with E-state index in [0.29, 0.717) is 9.71 Å². The maximum atomic E-state index is 12.5. The van der Waals surface area contributed by atoms with Crippen LogP contribution in [0.1, 0.15) is 61.3 Å². The Balaban J connectivity index is 4.98. The highest BCUT2D eigenvalue weighted by atomic mass is 127. The summed E-state index contributed by atoms with van der Waals surface area (Å²) in [7, 11) is 0. The van der Waals surface area contributed by atoms with Gasteiger partial charge in [0.05, 0.1) is 0 Å². The van der Waals surface area contributed by atoms with Gasteiger partial charge in [-0.1, -0.05) is 77.5 Å². The van der Waals surface area contributed by atoms with Crippen LogP contribution in [0, 0.1) is 16.7 Å². The fourth-order valence-electron chi connectivity index (χ4n) is 1.99. The summed E-state index contributed by atoms with van der Waals surface area (Å²) in [6, 6.07) is 0. The molecule has 2 unspecified atom stereocenters. The van der Waals surface area contributed by atoms with Gasteiger partial charge in [0.2, 0.25) is 0 Å². The summed E-state index contributed by atoms with van der Waals surface area (Å²) in [5.74, 6) is 0.609. The van der Waals surface area contributed by atoms with Crippen molar-refractivity contribution in [1.29, 1.82) is 0 Å². The van der Waals surface area contributed by atoms with Crippen molar-refractivity contribution >= 4 is 28.4 Å². The number of carbonyl (C=O) groups excluding carboxylic acids is 1. The molecule has 0 aromatic heterocycles.